The van der Waals surface area contributed by atoms with E-state index in [4.69, 9.17) is 0 Å². The SMILES string of the molecule is O=S(=O)([O-])CCCCCCCP(CCCCCCCS(=O)(=O)[O-])CNc1ccccc1. The Labute approximate surface area is 189 Å². The van der Waals surface area contributed by atoms with Gasteiger partial charge in [0.1, 0.15) is 0 Å². The summed E-state index contributed by atoms with van der Waals surface area (Å²) in [6, 6.07) is 10.1. The summed E-state index contributed by atoms with van der Waals surface area (Å²) in [5, 5.41) is 3.53. The van der Waals surface area contributed by atoms with Crippen molar-refractivity contribution >= 4 is 33.8 Å². The minimum Gasteiger partial charge on any atom is -0.748 e. The van der Waals surface area contributed by atoms with Gasteiger partial charge in [0, 0.05) is 23.5 Å². The van der Waals surface area contributed by atoms with Gasteiger partial charge in [-0.3, -0.25) is 0 Å². The van der Waals surface area contributed by atoms with Gasteiger partial charge in [0.25, 0.3) is 0 Å². The van der Waals surface area contributed by atoms with Crippen LogP contribution in [0.3, 0.4) is 0 Å². The zero-order chi connectivity index (χ0) is 23.0. The summed E-state index contributed by atoms with van der Waals surface area (Å²) >= 11 is 0. The average Bonchev–Trinajstić information content (AvgIpc) is 2.69. The Kier molecular flexibility index (Phi) is 14.6. The fourth-order valence-electron chi connectivity index (χ4n) is 3.32. The third-order valence-corrected chi connectivity index (χ3v) is 9.10. The molecule has 0 spiro atoms. The van der Waals surface area contributed by atoms with Crippen LogP contribution < -0.4 is 5.32 Å². The van der Waals surface area contributed by atoms with Crippen molar-refractivity contribution < 1.29 is 25.9 Å². The topological polar surface area (TPSA) is 126 Å². The van der Waals surface area contributed by atoms with E-state index < -0.39 is 20.2 Å². The summed E-state index contributed by atoms with van der Waals surface area (Å²) in [6.45, 7) is 0. The molecule has 180 valence electrons. The average molecular weight is 494 g/mol. The second-order valence-corrected chi connectivity index (χ2v) is 13.5. The number of anilines is 1. The summed E-state index contributed by atoms with van der Waals surface area (Å²) in [5.74, 6) is -0.525. The van der Waals surface area contributed by atoms with Crippen molar-refractivity contribution in [3.63, 3.8) is 0 Å². The van der Waals surface area contributed by atoms with Crippen molar-refractivity contribution in [3.05, 3.63) is 30.3 Å². The molecule has 1 N–H and O–H groups in total. The van der Waals surface area contributed by atoms with E-state index >= 15 is 0 Å². The molecule has 1 aromatic rings. The Balaban J connectivity index is 2.25. The molecule has 0 atom stereocenters. The Bertz CT molecular complexity index is 741. The van der Waals surface area contributed by atoms with Crippen LogP contribution in [0.25, 0.3) is 0 Å². The minimum atomic E-state index is -4.09. The molecular weight excluding hydrogens is 457 g/mol. The molecule has 0 aliphatic heterocycles. The van der Waals surface area contributed by atoms with E-state index in [1.807, 2.05) is 18.2 Å². The van der Waals surface area contributed by atoms with Crippen molar-refractivity contribution in [2.24, 2.45) is 0 Å². The zero-order valence-corrected chi connectivity index (χ0v) is 20.7. The molecule has 0 bridgehead atoms. The molecule has 0 aliphatic rings. The van der Waals surface area contributed by atoms with E-state index in [9.17, 15) is 25.9 Å². The molecule has 31 heavy (non-hydrogen) atoms. The lowest BCUT2D eigenvalue weighted by molar-refractivity contribution is 0.457. The quantitative estimate of drug-likeness (QED) is 0.170. The van der Waals surface area contributed by atoms with Crippen LogP contribution in [0.1, 0.15) is 64.2 Å². The van der Waals surface area contributed by atoms with Crippen LogP contribution in [0.4, 0.5) is 5.69 Å². The van der Waals surface area contributed by atoms with E-state index in [0.717, 1.165) is 75.7 Å². The molecule has 7 nitrogen and oxygen atoms in total. The maximum absolute atomic E-state index is 10.6. The number of hydrogen-bond acceptors (Lipinski definition) is 7. The van der Waals surface area contributed by atoms with Gasteiger partial charge in [-0.1, -0.05) is 64.6 Å². The molecule has 10 heteroatoms. The highest BCUT2D eigenvalue weighted by molar-refractivity contribution is 7.85. The highest BCUT2D eigenvalue weighted by Crippen LogP contribution is 2.38. The second-order valence-electron chi connectivity index (χ2n) is 7.88. The van der Waals surface area contributed by atoms with Crippen molar-refractivity contribution in [2.45, 2.75) is 64.2 Å². The van der Waals surface area contributed by atoms with Gasteiger partial charge >= 0.3 is 0 Å². The molecule has 1 aromatic carbocycles. The summed E-state index contributed by atoms with van der Waals surface area (Å²) in [6.07, 6.45) is 11.9. The highest BCUT2D eigenvalue weighted by Gasteiger charge is 2.08. The Morgan fingerprint density at radius 1 is 0.645 bits per heavy atom. The first-order chi connectivity index (χ1) is 14.7. The third kappa shape index (κ3) is 18.5. The number of para-hydroxylation sites is 1. The smallest absolute Gasteiger partial charge is 0.0945 e. The number of hydrogen-bond donors (Lipinski definition) is 1. The van der Waals surface area contributed by atoms with E-state index in [0.29, 0.717) is 12.8 Å². The molecule has 0 radical (unpaired) electrons. The van der Waals surface area contributed by atoms with Gasteiger partial charge in [0.2, 0.25) is 0 Å². The van der Waals surface area contributed by atoms with Crippen LogP contribution >= 0.6 is 7.92 Å². The Morgan fingerprint density at radius 2 is 1.06 bits per heavy atom. The van der Waals surface area contributed by atoms with E-state index in [2.05, 4.69) is 17.4 Å². The third-order valence-electron chi connectivity index (χ3n) is 5.02. The monoisotopic (exact) mass is 493 g/mol. The van der Waals surface area contributed by atoms with Crippen molar-refractivity contribution in [3.8, 4) is 0 Å². The molecular formula is C21H36NO6PS2-2. The van der Waals surface area contributed by atoms with E-state index in [1.165, 1.54) is 0 Å². The van der Waals surface area contributed by atoms with Gasteiger partial charge in [0.05, 0.1) is 20.2 Å². The predicted octanol–water partition coefficient (Wildman–Crippen LogP) is 4.53. The predicted molar refractivity (Wildman–Crippen MR) is 127 cm³/mol. The zero-order valence-electron chi connectivity index (χ0n) is 18.2. The van der Waals surface area contributed by atoms with Crippen LogP contribution in [0.15, 0.2) is 30.3 Å². The van der Waals surface area contributed by atoms with Crippen LogP contribution in [-0.4, -0.2) is 56.1 Å². The molecule has 0 amide bonds. The first-order valence-corrected chi connectivity index (χ1v) is 16.1. The molecule has 0 fully saturated rings. The minimum absolute atomic E-state index is 0.173. The van der Waals surface area contributed by atoms with Gasteiger partial charge in [-0.15, -0.1) is 0 Å². The van der Waals surface area contributed by atoms with Crippen LogP contribution in [0.2, 0.25) is 0 Å². The highest BCUT2D eigenvalue weighted by atomic mass is 32.2. The van der Waals surface area contributed by atoms with E-state index in [1.54, 1.807) is 0 Å². The molecule has 0 saturated carbocycles. The number of unbranched alkanes of at least 4 members (excludes halogenated alkanes) is 8. The van der Waals surface area contributed by atoms with Gasteiger partial charge < -0.3 is 14.4 Å². The van der Waals surface area contributed by atoms with Crippen molar-refractivity contribution in [1.82, 2.24) is 0 Å². The van der Waals surface area contributed by atoms with Gasteiger partial charge in [-0.2, -0.15) is 0 Å². The van der Waals surface area contributed by atoms with Crippen molar-refractivity contribution in [1.29, 1.82) is 0 Å². The maximum Gasteiger partial charge on any atom is 0.0945 e. The number of benzene rings is 1. The first-order valence-electron chi connectivity index (χ1n) is 11.0. The largest absolute Gasteiger partial charge is 0.748 e. The number of nitrogens with one attached hydrogen (secondary N) is 1. The first kappa shape index (κ1) is 28.3. The van der Waals surface area contributed by atoms with Gasteiger partial charge in [-0.25, -0.2) is 16.8 Å². The molecule has 0 heterocycles. The Hall–Kier alpha value is -0.730. The van der Waals surface area contributed by atoms with E-state index in [-0.39, 0.29) is 19.4 Å². The van der Waals surface area contributed by atoms with Crippen LogP contribution in [-0.2, 0) is 20.2 Å². The molecule has 0 aliphatic carbocycles. The molecule has 1 rings (SSSR count). The summed E-state index contributed by atoms with van der Waals surface area (Å²) in [4.78, 5) is 0. The van der Waals surface area contributed by atoms with Crippen LogP contribution in [0.5, 0.6) is 0 Å². The fourth-order valence-corrected chi connectivity index (χ4v) is 6.72. The number of rotatable bonds is 19. The molecule has 0 saturated heterocycles. The Morgan fingerprint density at radius 3 is 1.52 bits per heavy atom. The fraction of sp³-hybridized carbons (Fsp3) is 0.714. The molecule has 0 unspecified atom stereocenters. The van der Waals surface area contributed by atoms with Gasteiger partial charge in [-0.05, 0) is 50.1 Å². The summed E-state index contributed by atoms with van der Waals surface area (Å²) in [5.41, 5.74) is 1.12. The summed E-state index contributed by atoms with van der Waals surface area (Å²) in [7, 11) is -8.35. The maximum atomic E-state index is 10.6. The lowest BCUT2D eigenvalue weighted by atomic mass is 10.2. The van der Waals surface area contributed by atoms with Crippen molar-refractivity contribution in [2.75, 3.05) is 35.4 Å². The molecule has 0 aromatic heterocycles. The summed E-state index contributed by atoms with van der Waals surface area (Å²) < 4.78 is 63.8. The lowest BCUT2D eigenvalue weighted by Gasteiger charge is -2.19. The lowest BCUT2D eigenvalue weighted by Crippen LogP contribution is -2.05. The van der Waals surface area contributed by atoms with Crippen LogP contribution in [0, 0.1) is 0 Å². The second kappa shape index (κ2) is 16.0. The standard InChI is InChI=1S/C21H38NO6PS2/c23-30(24,25)18-12-5-1-3-10-16-29(20-22-21-14-8-7-9-15-21)17-11-4-2-6-13-19-31(26,27)28/h7-9,14-15,22H,1-6,10-13,16-20H2,(H,23,24,25)(H,26,27,28)/p-2. The van der Waals surface area contributed by atoms with Gasteiger partial charge in [0.15, 0.2) is 0 Å². The normalized spacial score (nSPS) is 12.4.